The van der Waals surface area contributed by atoms with E-state index in [2.05, 4.69) is 31.9 Å². The van der Waals surface area contributed by atoms with Crippen molar-refractivity contribution in [2.24, 2.45) is 0 Å². The molecule has 0 unspecified atom stereocenters. The third-order valence-electron chi connectivity index (χ3n) is 9.44. The molecule has 58 heavy (non-hydrogen) atoms. The molecule has 328 valence electrons. The van der Waals surface area contributed by atoms with Crippen LogP contribution in [0.4, 0.5) is 0 Å². The molecule has 5 rings (SSSR count). The third-order valence-corrected chi connectivity index (χ3v) is 11.6. The number of piperidine rings is 2. The fourth-order valence-corrected chi connectivity index (χ4v) is 9.45. The molecule has 0 radical (unpaired) electrons. The first-order valence-electron chi connectivity index (χ1n) is 18.9. The molecule has 0 amide bonds. The van der Waals surface area contributed by atoms with Gasteiger partial charge in [0.2, 0.25) is 0 Å². The summed E-state index contributed by atoms with van der Waals surface area (Å²) in [5, 5.41) is 33.4. The molecule has 0 spiro atoms. The SMILES string of the molecule is CC(C)(O)CON1C(C)(C)CC(O)CC1(C)C.CC(C)(O)CON1C(C)(C)CC(OC(=O)c2ccccc2S(=O)(=O)O)CC1(C)C.O=C1OS(=O)(=O)c2ccccc21. The van der Waals surface area contributed by atoms with Gasteiger partial charge in [-0.25, -0.2) is 9.59 Å². The van der Waals surface area contributed by atoms with Crippen LogP contribution in [0.1, 0.15) is 129 Å². The van der Waals surface area contributed by atoms with E-state index in [1.54, 1.807) is 39.8 Å². The van der Waals surface area contributed by atoms with Crippen molar-refractivity contribution in [2.75, 3.05) is 13.2 Å². The number of esters is 1. The van der Waals surface area contributed by atoms with Crippen molar-refractivity contribution in [1.82, 2.24) is 10.1 Å². The van der Waals surface area contributed by atoms with Crippen LogP contribution in [0.15, 0.2) is 58.3 Å². The van der Waals surface area contributed by atoms with Crippen molar-refractivity contribution in [3.63, 3.8) is 0 Å². The first kappa shape index (κ1) is 49.3. The van der Waals surface area contributed by atoms with Gasteiger partial charge in [0.1, 0.15) is 15.9 Å². The molecular formula is C40H62N2O14S2. The summed E-state index contributed by atoms with van der Waals surface area (Å²) in [6.07, 6.45) is 1.49. The third kappa shape index (κ3) is 13.2. The highest BCUT2D eigenvalue weighted by Gasteiger charge is 2.49. The number of hydrogen-bond acceptors (Lipinski definition) is 15. The summed E-state index contributed by atoms with van der Waals surface area (Å²) < 4.78 is 64.3. The standard InChI is InChI=1S/C20H31NO7S.C13H27NO3.C7H4O4S/c1-18(2)11-14(12-19(3,4)21(18)27-13-20(5,6)23)28-17(22)15-9-7-8-10-16(15)29(24,25)26;1-11(2)7-10(15)8-12(3,4)14(11)17-9-13(5,6)16;8-7-5-3-1-2-4-6(5)12(9,10)11-7/h7-10,14,23H,11-13H2,1-6H3,(H,24,25,26);10,15-16H,7-9H2,1-6H3;1-4H. The molecule has 2 aromatic rings. The monoisotopic (exact) mass is 858 g/mol. The van der Waals surface area contributed by atoms with Crippen LogP contribution in [-0.2, 0) is 38.8 Å². The first-order chi connectivity index (χ1) is 26.1. The zero-order valence-corrected chi connectivity index (χ0v) is 37.2. The Balaban J connectivity index is 0.000000260. The van der Waals surface area contributed by atoms with E-state index in [-0.39, 0.29) is 46.4 Å². The van der Waals surface area contributed by atoms with Crippen LogP contribution in [0, 0.1) is 0 Å². The molecule has 18 heteroatoms. The number of benzene rings is 2. The highest BCUT2D eigenvalue weighted by molar-refractivity contribution is 7.87. The molecule has 3 aliphatic rings. The molecule has 0 aliphatic carbocycles. The summed E-state index contributed by atoms with van der Waals surface area (Å²) in [4.78, 5) is 34.7. The lowest BCUT2D eigenvalue weighted by molar-refractivity contribution is -0.306. The van der Waals surface area contributed by atoms with E-state index in [0.717, 1.165) is 6.07 Å². The second-order valence-electron chi connectivity index (χ2n) is 18.8. The number of hydroxylamine groups is 4. The van der Waals surface area contributed by atoms with E-state index in [1.165, 1.54) is 30.3 Å². The Kier molecular flexibility index (Phi) is 14.9. The van der Waals surface area contributed by atoms with Crippen molar-refractivity contribution in [1.29, 1.82) is 0 Å². The average molecular weight is 859 g/mol. The molecule has 16 nitrogen and oxygen atoms in total. The Hall–Kier alpha value is -3.04. The maximum atomic E-state index is 12.7. The molecule has 2 fully saturated rings. The predicted molar refractivity (Wildman–Crippen MR) is 213 cm³/mol. The van der Waals surface area contributed by atoms with Gasteiger partial charge >= 0.3 is 22.1 Å². The summed E-state index contributed by atoms with van der Waals surface area (Å²) >= 11 is 0. The summed E-state index contributed by atoms with van der Waals surface area (Å²) in [6, 6.07) is 11.3. The number of fused-ring (bicyclic) bond motifs is 1. The van der Waals surface area contributed by atoms with E-state index in [9.17, 15) is 46.3 Å². The van der Waals surface area contributed by atoms with Gasteiger partial charge in [-0.2, -0.15) is 27.0 Å². The van der Waals surface area contributed by atoms with E-state index in [4.69, 9.17) is 14.4 Å². The lowest BCUT2D eigenvalue weighted by atomic mass is 9.80. The minimum atomic E-state index is -4.55. The summed E-state index contributed by atoms with van der Waals surface area (Å²) in [6.45, 7) is 23.2. The van der Waals surface area contributed by atoms with Crippen molar-refractivity contribution >= 4 is 32.2 Å². The van der Waals surface area contributed by atoms with Crippen molar-refractivity contribution in [3.05, 3.63) is 59.7 Å². The molecule has 4 N–H and O–H groups in total. The van der Waals surface area contributed by atoms with E-state index in [0.29, 0.717) is 25.7 Å². The molecule has 3 aliphatic heterocycles. The molecule has 3 heterocycles. The minimum Gasteiger partial charge on any atom is -0.459 e. The fourth-order valence-electron chi connectivity index (χ4n) is 7.73. The second kappa shape index (κ2) is 17.5. The molecule has 0 bridgehead atoms. The zero-order chi connectivity index (χ0) is 44.5. The van der Waals surface area contributed by atoms with Gasteiger partial charge in [0.05, 0.1) is 41.6 Å². The number of carbonyl (C=O) groups is 2. The normalized spacial score (nSPS) is 21.7. The Labute approximate surface area is 343 Å². The second-order valence-corrected chi connectivity index (χ2v) is 21.7. The average Bonchev–Trinajstić information content (AvgIpc) is 3.25. The largest absolute Gasteiger partial charge is 0.459 e. The molecule has 2 aromatic carbocycles. The summed E-state index contributed by atoms with van der Waals surface area (Å²) in [5.74, 6) is -1.61. The lowest BCUT2D eigenvalue weighted by Gasteiger charge is -2.53. The van der Waals surface area contributed by atoms with Crippen LogP contribution in [-0.4, -0.2) is 118 Å². The predicted octanol–water partition coefficient (Wildman–Crippen LogP) is 5.06. The van der Waals surface area contributed by atoms with Crippen LogP contribution < -0.4 is 0 Å². The van der Waals surface area contributed by atoms with Gasteiger partial charge in [-0.05, 0) is 120 Å². The number of aliphatic hydroxyl groups excluding tert-OH is 1. The molecule has 2 saturated heterocycles. The van der Waals surface area contributed by atoms with E-state index >= 15 is 0 Å². The number of hydrogen-bond donors (Lipinski definition) is 4. The fraction of sp³-hybridized carbons (Fsp3) is 0.650. The van der Waals surface area contributed by atoms with Crippen LogP contribution in [0.25, 0.3) is 0 Å². The minimum absolute atomic E-state index is 0.0463. The van der Waals surface area contributed by atoms with Crippen molar-refractivity contribution in [3.8, 4) is 0 Å². The highest BCUT2D eigenvalue weighted by Crippen LogP contribution is 2.41. The molecule has 0 saturated carbocycles. The quantitative estimate of drug-likeness (QED) is 0.147. The van der Waals surface area contributed by atoms with Gasteiger partial charge in [-0.15, -0.1) is 0 Å². The Morgan fingerprint density at radius 3 is 1.62 bits per heavy atom. The molecular weight excluding hydrogens is 797 g/mol. The molecule has 0 aromatic heterocycles. The summed E-state index contributed by atoms with van der Waals surface area (Å²) in [7, 11) is -8.35. The maximum absolute atomic E-state index is 12.7. The maximum Gasteiger partial charge on any atom is 0.355 e. The van der Waals surface area contributed by atoms with Crippen LogP contribution in [0.3, 0.4) is 0 Å². The highest BCUT2D eigenvalue weighted by atomic mass is 32.2. The topological polar surface area (TPSA) is 227 Å². The van der Waals surface area contributed by atoms with Crippen LogP contribution >= 0.6 is 0 Å². The Bertz CT molecular complexity index is 1960. The number of carbonyl (C=O) groups excluding carboxylic acids is 2. The zero-order valence-electron chi connectivity index (χ0n) is 35.6. The lowest BCUT2D eigenvalue weighted by Crippen LogP contribution is -2.62. The number of aliphatic hydroxyl groups is 3. The van der Waals surface area contributed by atoms with Gasteiger partial charge in [-0.1, -0.05) is 24.3 Å². The first-order valence-corrected chi connectivity index (χ1v) is 21.8. The van der Waals surface area contributed by atoms with Crippen LogP contribution in [0.2, 0.25) is 0 Å². The van der Waals surface area contributed by atoms with Crippen LogP contribution in [0.5, 0.6) is 0 Å². The van der Waals surface area contributed by atoms with E-state index in [1.807, 2.05) is 37.8 Å². The van der Waals surface area contributed by atoms with Gasteiger partial charge in [0, 0.05) is 35.0 Å². The van der Waals surface area contributed by atoms with Gasteiger partial charge in [0.15, 0.2) is 0 Å². The van der Waals surface area contributed by atoms with Gasteiger partial charge in [0.25, 0.3) is 10.1 Å². The number of nitrogens with zero attached hydrogens (tertiary/aromatic N) is 2. The number of rotatable bonds is 9. The molecule has 0 atom stereocenters. The van der Waals surface area contributed by atoms with Crippen molar-refractivity contribution in [2.45, 2.75) is 164 Å². The Morgan fingerprint density at radius 2 is 1.19 bits per heavy atom. The van der Waals surface area contributed by atoms with Gasteiger partial charge in [-0.3, -0.25) is 14.2 Å². The summed E-state index contributed by atoms with van der Waals surface area (Å²) in [5.41, 5.74) is -3.42. The van der Waals surface area contributed by atoms with Crippen molar-refractivity contribution < 1.29 is 64.9 Å². The number of ether oxygens (including phenoxy) is 1. The van der Waals surface area contributed by atoms with E-state index < -0.39 is 65.5 Å². The van der Waals surface area contributed by atoms with Gasteiger partial charge < -0.3 is 24.2 Å². The smallest absolute Gasteiger partial charge is 0.355 e. The Morgan fingerprint density at radius 1 is 0.776 bits per heavy atom.